The first-order valence-electron chi connectivity index (χ1n) is 4.27. The second kappa shape index (κ2) is 3.10. The van der Waals surface area contributed by atoms with Crippen LogP contribution in [-0.4, -0.2) is 12.2 Å². The molecule has 0 saturated heterocycles. The van der Waals surface area contributed by atoms with Gasteiger partial charge in [0.1, 0.15) is 11.5 Å². The third-order valence-electron chi connectivity index (χ3n) is 2.21. The average Bonchev–Trinajstić information content (AvgIpc) is 2.18. The summed E-state index contributed by atoms with van der Waals surface area (Å²) in [5, 5.41) is 11.1. The van der Waals surface area contributed by atoms with Gasteiger partial charge in [-0.25, -0.2) is 0 Å². The number of phenols is 1. The Labute approximate surface area is 81.7 Å². The molecule has 0 saturated carbocycles. The zero-order chi connectivity index (χ0) is 10.1. The Morgan fingerprint density at radius 2 is 1.93 bits per heavy atom. The summed E-state index contributed by atoms with van der Waals surface area (Å²) in [6.45, 7) is 0. The van der Waals surface area contributed by atoms with E-state index in [1.807, 2.05) is 0 Å². The molecule has 0 atom stereocenters. The molecule has 14 heavy (non-hydrogen) atoms. The van der Waals surface area contributed by atoms with Crippen LogP contribution in [0.15, 0.2) is 30.3 Å². The van der Waals surface area contributed by atoms with Crippen LogP contribution < -0.4 is 10.5 Å². The number of benzene rings is 2. The predicted molar refractivity (Wildman–Crippen MR) is 56.6 cm³/mol. The Morgan fingerprint density at radius 3 is 2.64 bits per heavy atom. The molecule has 0 aliphatic heterocycles. The summed E-state index contributed by atoms with van der Waals surface area (Å²) in [6.07, 6.45) is 0. The Hall–Kier alpha value is -1.90. The van der Waals surface area contributed by atoms with Gasteiger partial charge in [-0.15, -0.1) is 0 Å². The van der Waals surface area contributed by atoms with Gasteiger partial charge in [0, 0.05) is 16.5 Å². The number of hydrogen-bond donors (Lipinski definition) is 2. The van der Waals surface area contributed by atoms with Gasteiger partial charge in [-0.3, -0.25) is 0 Å². The lowest BCUT2D eigenvalue weighted by atomic mass is 10.1. The number of nitrogen functional groups attached to an aromatic ring is 1. The molecule has 0 amide bonds. The van der Waals surface area contributed by atoms with E-state index >= 15 is 0 Å². The molecule has 0 radical (unpaired) electrons. The second-order valence-electron chi connectivity index (χ2n) is 3.09. The summed E-state index contributed by atoms with van der Waals surface area (Å²) in [5.41, 5.74) is 6.47. The molecule has 3 heteroatoms. The van der Waals surface area contributed by atoms with E-state index in [0.29, 0.717) is 11.4 Å². The third-order valence-corrected chi connectivity index (χ3v) is 2.21. The SMILES string of the molecule is COc1ccc(N)c2ccc(O)cc12. The highest BCUT2D eigenvalue weighted by molar-refractivity contribution is 5.97. The summed E-state index contributed by atoms with van der Waals surface area (Å²) in [6, 6.07) is 8.61. The van der Waals surface area contributed by atoms with Crippen molar-refractivity contribution in [2.24, 2.45) is 0 Å². The molecule has 0 heterocycles. The van der Waals surface area contributed by atoms with Gasteiger partial charge in [0.2, 0.25) is 0 Å². The predicted octanol–water partition coefficient (Wildman–Crippen LogP) is 2.14. The lowest BCUT2D eigenvalue weighted by molar-refractivity contribution is 0.419. The van der Waals surface area contributed by atoms with Gasteiger partial charge in [0.05, 0.1) is 7.11 Å². The molecule has 3 nitrogen and oxygen atoms in total. The van der Waals surface area contributed by atoms with Crippen molar-refractivity contribution >= 4 is 16.5 Å². The quantitative estimate of drug-likeness (QED) is 0.676. The van der Waals surface area contributed by atoms with E-state index < -0.39 is 0 Å². The third kappa shape index (κ3) is 1.23. The molecule has 0 aliphatic rings. The topological polar surface area (TPSA) is 55.5 Å². The van der Waals surface area contributed by atoms with Crippen LogP contribution >= 0.6 is 0 Å². The minimum absolute atomic E-state index is 0.210. The largest absolute Gasteiger partial charge is 0.508 e. The van der Waals surface area contributed by atoms with E-state index in [0.717, 1.165) is 10.8 Å². The summed E-state index contributed by atoms with van der Waals surface area (Å²) in [7, 11) is 1.59. The van der Waals surface area contributed by atoms with Crippen molar-refractivity contribution < 1.29 is 9.84 Å². The number of phenolic OH excluding ortho intramolecular Hbond substituents is 1. The molecule has 2 rings (SSSR count). The van der Waals surface area contributed by atoms with Crippen molar-refractivity contribution in [3.05, 3.63) is 30.3 Å². The van der Waals surface area contributed by atoms with Crippen LogP contribution in [0.5, 0.6) is 11.5 Å². The molecule has 0 aliphatic carbocycles. The van der Waals surface area contributed by atoms with Crippen molar-refractivity contribution in [3.63, 3.8) is 0 Å². The van der Waals surface area contributed by atoms with Crippen LogP contribution in [0.3, 0.4) is 0 Å². The highest BCUT2D eigenvalue weighted by Gasteiger charge is 2.04. The van der Waals surface area contributed by atoms with Crippen LogP contribution in [0, 0.1) is 0 Å². The van der Waals surface area contributed by atoms with E-state index in [1.54, 1.807) is 37.4 Å². The Bertz CT molecular complexity index is 480. The summed E-state index contributed by atoms with van der Waals surface area (Å²) >= 11 is 0. The molecule has 0 unspecified atom stereocenters. The molecular weight excluding hydrogens is 178 g/mol. The van der Waals surface area contributed by atoms with Crippen LogP contribution in [0.2, 0.25) is 0 Å². The molecule has 0 aromatic heterocycles. The van der Waals surface area contributed by atoms with Gasteiger partial charge >= 0.3 is 0 Å². The van der Waals surface area contributed by atoms with Gasteiger partial charge in [-0.1, -0.05) is 0 Å². The monoisotopic (exact) mass is 189 g/mol. The lowest BCUT2D eigenvalue weighted by Crippen LogP contribution is -1.90. The molecule has 2 aromatic rings. The van der Waals surface area contributed by atoms with E-state index in [9.17, 15) is 5.11 Å². The molecule has 0 bridgehead atoms. The van der Waals surface area contributed by atoms with Gasteiger partial charge in [-0.05, 0) is 30.3 Å². The van der Waals surface area contributed by atoms with E-state index in [4.69, 9.17) is 10.5 Å². The zero-order valence-electron chi connectivity index (χ0n) is 7.82. The van der Waals surface area contributed by atoms with Crippen LogP contribution in [-0.2, 0) is 0 Å². The molecular formula is C11H11NO2. The minimum Gasteiger partial charge on any atom is -0.508 e. The maximum absolute atomic E-state index is 9.34. The van der Waals surface area contributed by atoms with Gasteiger partial charge in [-0.2, -0.15) is 0 Å². The van der Waals surface area contributed by atoms with Crippen molar-refractivity contribution in [1.82, 2.24) is 0 Å². The van der Waals surface area contributed by atoms with Gasteiger partial charge in [0.15, 0.2) is 0 Å². The first-order valence-corrected chi connectivity index (χ1v) is 4.27. The Morgan fingerprint density at radius 1 is 1.14 bits per heavy atom. The maximum atomic E-state index is 9.34. The molecule has 72 valence electrons. The number of hydrogen-bond acceptors (Lipinski definition) is 3. The van der Waals surface area contributed by atoms with Crippen molar-refractivity contribution in [3.8, 4) is 11.5 Å². The van der Waals surface area contributed by atoms with E-state index in [-0.39, 0.29) is 5.75 Å². The molecule has 0 spiro atoms. The summed E-state index contributed by atoms with van der Waals surface area (Å²) in [4.78, 5) is 0. The first kappa shape index (κ1) is 8.69. The van der Waals surface area contributed by atoms with E-state index in [1.165, 1.54) is 0 Å². The Kier molecular flexibility index (Phi) is 1.93. The number of methoxy groups -OCH3 is 1. The number of aromatic hydroxyl groups is 1. The number of ether oxygens (including phenoxy) is 1. The highest BCUT2D eigenvalue weighted by Crippen LogP contribution is 2.32. The fraction of sp³-hybridized carbons (Fsp3) is 0.0909. The van der Waals surface area contributed by atoms with Gasteiger partial charge in [0.25, 0.3) is 0 Å². The maximum Gasteiger partial charge on any atom is 0.126 e. The second-order valence-corrected chi connectivity index (χ2v) is 3.09. The standard InChI is InChI=1S/C11H11NO2/c1-14-11-5-4-10(12)8-3-2-7(13)6-9(8)11/h2-6,13H,12H2,1H3. The average molecular weight is 189 g/mol. The van der Waals surface area contributed by atoms with Crippen molar-refractivity contribution in [1.29, 1.82) is 0 Å². The number of nitrogens with two attached hydrogens (primary N) is 1. The molecule has 0 fully saturated rings. The number of rotatable bonds is 1. The van der Waals surface area contributed by atoms with E-state index in [2.05, 4.69) is 0 Å². The summed E-state index contributed by atoms with van der Waals surface area (Å²) in [5.74, 6) is 0.923. The minimum atomic E-state index is 0.210. The first-order chi connectivity index (χ1) is 6.72. The van der Waals surface area contributed by atoms with Crippen molar-refractivity contribution in [2.75, 3.05) is 12.8 Å². The van der Waals surface area contributed by atoms with Crippen LogP contribution in [0.25, 0.3) is 10.8 Å². The lowest BCUT2D eigenvalue weighted by Gasteiger charge is -2.07. The fourth-order valence-electron chi connectivity index (χ4n) is 1.51. The zero-order valence-corrected chi connectivity index (χ0v) is 7.82. The molecule has 2 aromatic carbocycles. The number of fused-ring (bicyclic) bond motifs is 1. The van der Waals surface area contributed by atoms with Crippen molar-refractivity contribution in [2.45, 2.75) is 0 Å². The number of anilines is 1. The van der Waals surface area contributed by atoms with Gasteiger partial charge < -0.3 is 15.6 Å². The Balaban J connectivity index is 2.85. The van der Waals surface area contributed by atoms with Crippen LogP contribution in [0.1, 0.15) is 0 Å². The smallest absolute Gasteiger partial charge is 0.126 e. The molecule has 3 N–H and O–H groups in total. The summed E-state index contributed by atoms with van der Waals surface area (Å²) < 4.78 is 5.17. The van der Waals surface area contributed by atoms with Crippen LogP contribution in [0.4, 0.5) is 5.69 Å². The normalized spacial score (nSPS) is 10.4. The highest BCUT2D eigenvalue weighted by atomic mass is 16.5. The fourth-order valence-corrected chi connectivity index (χ4v) is 1.51.